The Morgan fingerprint density at radius 3 is 2.44 bits per heavy atom. The van der Waals surface area contributed by atoms with Gasteiger partial charge in [0.2, 0.25) is 0 Å². The van der Waals surface area contributed by atoms with Crippen LogP contribution in [0.5, 0.6) is 0 Å². The molecule has 6 rings (SSSR count). The Kier molecular flexibility index (Phi) is 6.75. The minimum Gasteiger partial charge on any atom is -0.339 e. The van der Waals surface area contributed by atoms with E-state index in [1.54, 1.807) is 23.0 Å². The van der Waals surface area contributed by atoms with Crippen LogP contribution < -0.4 is 0 Å². The summed E-state index contributed by atoms with van der Waals surface area (Å²) in [7, 11) is 3.96. The number of hydrogen-bond acceptors (Lipinski definition) is 3. The van der Waals surface area contributed by atoms with Gasteiger partial charge in [-0.1, -0.05) is 42.5 Å². The maximum atomic E-state index is 14.2. The van der Waals surface area contributed by atoms with Crippen LogP contribution in [0.2, 0.25) is 0 Å². The lowest BCUT2D eigenvalue weighted by Gasteiger charge is -2.24. The van der Waals surface area contributed by atoms with Gasteiger partial charge in [-0.05, 0) is 72.1 Å². The van der Waals surface area contributed by atoms with E-state index in [0.717, 1.165) is 47.2 Å². The molecule has 0 atom stereocenters. The summed E-state index contributed by atoms with van der Waals surface area (Å²) in [5.41, 5.74) is 7.05. The summed E-state index contributed by atoms with van der Waals surface area (Å²) in [6, 6.07) is 25.8. The van der Waals surface area contributed by atoms with Gasteiger partial charge in [-0.15, -0.1) is 0 Å². The fourth-order valence-corrected chi connectivity index (χ4v) is 5.53. The van der Waals surface area contributed by atoms with E-state index < -0.39 is 0 Å². The molecular formula is C32H32FN5O. The van der Waals surface area contributed by atoms with Crippen LogP contribution in [0.4, 0.5) is 4.39 Å². The number of carbonyl (C=O) groups excluding carboxylic acids is 1. The van der Waals surface area contributed by atoms with Crippen molar-refractivity contribution in [1.29, 1.82) is 0 Å². The molecule has 5 aromatic rings. The van der Waals surface area contributed by atoms with Crippen LogP contribution in [0, 0.1) is 5.82 Å². The van der Waals surface area contributed by atoms with Crippen molar-refractivity contribution in [3.05, 3.63) is 113 Å². The fourth-order valence-electron chi connectivity index (χ4n) is 5.53. The normalized spacial score (nSPS) is 14.9. The van der Waals surface area contributed by atoms with E-state index in [9.17, 15) is 9.18 Å². The van der Waals surface area contributed by atoms with E-state index in [1.165, 1.54) is 17.2 Å². The van der Waals surface area contributed by atoms with Gasteiger partial charge in [0.15, 0.2) is 0 Å². The van der Waals surface area contributed by atoms with E-state index >= 15 is 0 Å². The zero-order valence-electron chi connectivity index (χ0n) is 22.3. The number of aromatic nitrogens is 3. The van der Waals surface area contributed by atoms with Crippen LogP contribution >= 0.6 is 0 Å². The minimum atomic E-state index is -0.256. The monoisotopic (exact) mass is 521 g/mol. The molecule has 0 saturated heterocycles. The number of fused-ring (bicyclic) bond motifs is 8. The number of aryl methyl sites for hydroxylation is 1. The lowest BCUT2D eigenvalue weighted by Crippen LogP contribution is -2.34. The number of nitrogens with zero attached hydrogens (tertiary/aromatic N) is 5. The highest BCUT2D eigenvalue weighted by Gasteiger charge is 2.21. The molecule has 0 unspecified atom stereocenters. The fraction of sp³-hybridized carbons (Fsp3) is 0.250. The molecule has 1 aliphatic rings. The second-order valence-electron chi connectivity index (χ2n) is 10.5. The van der Waals surface area contributed by atoms with E-state index in [2.05, 4.69) is 76.2 Å². The zero-order valence-corrected chi connectivity index (χ0v) is 22.3. The van der Waals surface area contributed by atoms with Gasteiger partial charge in [0, 0.05) is 62.6 Å². The Morgan fingerprint density at radius 1 is 0.821 bits per heavy atom. The summed E-state index contributed by atoms with van der Waals surface area (Å²) in [6.45, 7) is 3.28. The quantitative estimate of drug-likeness (QED) is 0.292. The van der Waals surface area contributed by atoms with Crippen molar-refractivity contribution < 1.29 is 9.18 Å². The van der Waals surface area contributed by atoms with E-state index in [4.69, 9.17) is 0 Å². The van der Waals surface area contributed by atoms with Gasteiger partial charge < -0.3 is 14.4 Å². The van der Waals surface area contributed by atoms with Gasteiger partial charge in [-0.25, -0.2) is 4.39 Å². The molecule has 0 aliphatic carbocycles. The molecular weight excluding hydrogens is 489 g/mol. The Hall–Kier alpha value is -4.23. The van der Waals surface area contributed by atoms with Crippen molar-refractivity contribution in [2.45, 2.75) is 26.1 Å². The van der Waals surface area contributed by atoms with Gasteiger partial charge in [-0.2, -0.15) is 5.10 Å². The molecule has 198 valence electrons. The summed E-state index contributed by atoms with van der Waals surface area (Å²) >= 11 is 0. The van der Waals surface area contributed by atoms with Crippen LogP contribution in [0.1, 0.15) is 27.2 Å². The zero-order chi connectivity index (χ0) is 26.9. The molecule has 4 bridgehead atoms. The molecule has 0 spiro atoms. The third-order valence-corrected chi connectivity index (χ3v) is 7.50. The first-order valence-corrected chi connectivity index (χ1v) is 13.4. The Bertz CT molecular complexity index is 1650. The molecule has 3 heterocycles. The topological polar surface area (TPSA) is 46.3 Å². The highest BCUT2D eigenvalue weighted by molar-refractivity contribution is 5.92. The average Bonchev–Trinajstić information content (AvgIpc) is 3.52. The summed E-state index contributed by atoms with van der Waals surface area (Å²) in [6.07, 6.45) is 2.73. The number of rotatable bonds is 1. The molecule has 0 fully saturated rings. The van der Waals surface area contributed by atoms with Gasteiger partial charge in [0.25, 0.3) is 5.91 Å². The number of carbonyl (C=O) groups is 1. The molecule has 0 radical (unpaired) electrons. The van der Waals surface area contributed by atoms with Crippen molar-refractivity contribution in [2.24, 2.45) is 7.05 Å². The highest BCUT2D eigenvalue weighted by atomic mass is 19.1. The molecule has 39 heavy (non-hydrogen) atoms. The lowest BCUT2D eigenvalue weighted by atomic mass is 10.0. The van der Waals surface area contributed by atoms with E-state index in [0.29, 0.717) is 25.3 Å². The SMILES string of the molecule is CN1CCc2cccc(c2)-c2cc3cc(F)ccc3n2CCN(C(=O)c2ccn(C)n2)Cc2cccc(c2)C1. The van der Waals surface area contributed by atoms with Crippen molar-refractivity contribution in [1.82, 2.24) is 24.1 Å². The second-order valence-corrected chi connectivity index (χ2v) is 10.5. The lowest BCUT2D eigenvalue weighted by molar-refractivity contribution is 0.0731. The number of amides is 1. The molecule has 6 nitrogen and oxygen atoms in total. The predicted octanol–water partition coefficient (Wildman–Crippen LogP) is 5.51. The van der Waals surface area contributed by atoms with Crippen LogP contribution in [0.25, 0.3) is 22.2 Å². The second kappa shape index (κ2) is 10.5. The minimum absolute atomic E-state index is 0.106. The summed E-state index contributed by atoms with van der Waals surface area (Å²) in [4.78, 5) is 17.9. The van der Waals surface area contributed by atoms with Gasteiger partial charge in [0.05, 0.1) is 0 Å². The summed E-state index contributed by atoms with van der Waals surface area (Å²) in [5.74, 6) is -0.362. The summed E-state index contributed by atoms with van der Waals surface area (Å²) in [5, 5.41) is 5.24. The highest BCUT2D eigenvalue weighted by Crippen LogP contribution is 2.30. The van der Waals surface area contributed by atoms with Crippen molar-refractivity contribution in [3.63, 3.8) is 0 Å². The van der Waals surface area contributed by atoms with Crippen LogP contribution in [-0.4, -0.2) is 50.2 Å². The van der Waals surface area contributed by atoms with E-state index in [-0.39, 0.29) is 11.7 Å². The van der Waals surface area contributed by atoms with Crippen LogP contribution in [0.3, 0.4) is 0 Å². The third kappa shape index (κ3) is 5.36. The first kappa shape index (κ1) is 25.1. The maximum Gasteiger partial charge on any atom is 0.274 e. The van der Waals surface area contributed by atoms with Crippen molar-refractivity contribution >= 4 is 16.8 Å². The largest absolute Gasteiger partial charge is 0.339 e. The smallest absolute Gasteiger partial charge is 0.274 e. The van der Waals surface area contributed by atoms with Crippen molar-refractivity contribution in [2.75, 3.05) is 20.1 Å². The van der Waals surface area contributed by atoms with Gasteiger partial charge in [0.1, 0.15) is 11.5 Å². The molecule has 7 heteroatoms. The molecule has 1 amide bonds. The molecule has 2 aromatic heterocycles. The number of likely N-dealkylation sites (N-methyl/N-ethyl adjacent to an activating group) is 1. The molecule has 0 saturated carbocycles. The van der Waals surface area contributed by atoms with Crippen LogP contribution in [-0.2, 0) is 33.1 Å². The molecule has 3 aromatic carbocycles. The molecule has 0 N–H and O–H groups in total. The predicted molar refractivity (Wildman–Crippen MR) is 152 cm³/mol. The Balaban J connectivity index is 1.46. The number of hydrogen-bond donors (Lipinski definition) is 0. The van der Waals surface area contributed by atoms with Gasteiger partial charge >= 0.3 is 0 Å². The third-order valence-electron chi connectivity index (χ3n) is 7.50. The maximum absolute atomic E-state index is 14.2. The summed E-state index contributed by atoms with van der Waals surface area (Å²) < 4.78 is 18.1. The average molecular weight is 522 g/mol. The first-order valence-electron chi connectivity index (χ1n) is 13.4. The number of halogens is 1. The first-order chi connectivity index (χ1) is 18.9. The Labute approximate surface area is 227 Å². The van der Waals surface area contributed by atoms with Crippen molar-refractivity contribution in [3.8, 4) is 11.3 Å². The van der Waals surface area contributed by atoms with Gasteiger partial charge in [-0.3, -0.25) is 9.48 Å². The molecule has 1 aliphatic heterocycles. The van der Waals surface area contributed by atoms with E-state index in [1.807, 2.05) is 18.0 Å². The standard InChI is InChI=1S/C32H32FN5O/c1-35-13-11-23-5-4-8-26(18-23)31-20-27-19-28(33)9-10-30(27)38(31)16-15-37(32(39)29-12-14-36(2)34-29)22-25-7-3-6-24(17-25)21-35/h3-10,12,14,17-20H,11,13,15-16,21-22H2,1-2H3. The number of benzene rings is 3. The van der Waals surface area contributed by atoms with Crippen LogP contribution in [0.15, 0.2) is 85.1 Å². The Morgan fingerprint density at radius 2 is 1.62 bits per heavy atom.